The molecule has 0 atom stereocenters. The van der Waals surface area contributed by atoms with Gasteiger partial charge in [-0.15, -0.1) is 0 Å². The van der Waals surface area contributed by atoms with Crippen molar-refractivity contribution in [1.82, 2.24) is 4.72 Å². The van der Waals surface area contributed by atoms with Crippen LogP contribution < -0.4 is 4.72 Å². The van der Waals surface area contributed by atoms with Gasteiger partial charge in [0.25, 0.3) is 0 Å². The number of aliphatic hydroxyl groups is 1. The van der Waals surface area contributed by atoms with Crippen LogP contribution in [0.3, 0.4) is 0 Å². The number of benzene rings is 1. The Bertz CT molecular complexity index is 648. The van der Waals surface area contributed by atoms with Gasteiger partial charge in [0.2, 0.25) is 10.0 Å². The topological polar surface area (TPSA) is 66.4 Å². The Morgan fingerprint density at radius 1 is 1.33 bits per heavy atom. The molecule has 1 rings (SSSR count). The number of hydrogen-bond acceptors (Lipinski definition) is 3. The fourth-order valence-electron chi connectivity index (χ4n) is 1.60. The molecule has 1 aromatic carbocycles. The largest absolute Gasteiger partial charge is 0.395 e. The van der Waals surface area contributed by atoms with E-state index in [-0.39, 0.29) is 25.1 Å². The van der Waals surface area contributed by atoms with Crippen LogP contribution >= 0.6 is 0 Å². The first-order chi connectivity index (χ1) is 9.92. The van der Waals surface area contributed by atoms with Gasteiger partial charge in [0, 0.05) is 19.0 Å². The molecule has 0 aliphatic rings. The lowest BCUT2D eigenvalue weighted by Crippen LogP contribution is -2.26. The van der Waals surface area contributed by atoms with Crippen molar-refractivity contribution in [2.45, 2.75) is 31.1 Å². The Kier molecular flexibility index (Phi) is 6.75. The van der Waals surface area contributed by atoms with Crippen LogP contribution in [-0.2, 0) is 10.0 Å². The van der Waals surface area contributed by atoms with Gasteiger partial charge in [-0.3, -0.25) is 0 Å². The van der Waals surface area contributed by atoms with E-state index in [1.165, 1.54) is 0 Å². The van der Waals surface area contributed by atoms with Crippen molar-refractivity contribution >= 4 is 10.0 Å². The van der Waals surface area contributed by atoms with E-state index in [1.54, 1.807) is 0 Å². The smallest absolute Gasteiger partial charge is 0.244 e. The molecule has 116 valence electrons. The third-order valence-corrected chi connectivity index (χ3v) is 4.10. The highest BCUT2D eigenvalue weighted by molar-refractivity contribution is 7.89. The van der Waals surface area contributed by atoms with Crippen molar-refractivity contribution in [2.75, 3.05) is 13.2 Å². The lowest BCUT2D eigenvalue weighted by atomic mass is 10.2. The summed E-state index contributed by atoms with van der Waals surface area (Å²) in [6.07, 6.45) is 1.46. The van der Waals surface area contributed by atoms with Gasteiger partial charge in [-0.25, -0.2) is 21.9 Å². The first-order valence-corrected chi connectivity index (χ1v) is 7.99. The van der Waals surface area contributed by atoms with Crippen molar-refractivity contribution in [1.29, 1.82) is 0 Å². The second-order valence-electron chi connectivity index (χ2n) is 4.29. The monoisotopic (exact) mass is 317 g/mol. The number of nitrogens with one attached hydrogen (secondary N) is 1. The van der Waals surface area contributed by atoms with Crippen LogP contribution in [-0.4, -0.2) is 26.7 Å². The predicted molar refractivity (Wildman–Crippen MR) is 75.0 cm³/mol. The molecule has 0 aromatic heterocycles. The summed E-state index contributed by atoms with van der Waals surface area (Å²) in [7, 11) is -4.10. The SMILES string of the molecule is CCCCNS(=O)(=O)c1c(F)cc(F)cc1C#CCCO. The maximum Gasteiger partial charge on any atom is 0.244 e. The number of hydrogen-bond donors (Lipinski definition) is 2. The Morgan fingerprint density at radius 3 is 2.67 bits per heavy atom. The second kappa shape index (κ2) is 8.08. The van der Waals surface area contributed by atoms with Gasteiger partial charge in [0.1, 0.15) is 16.5 Å². The lowest BCUT2D eigenvalue weighted by Gasteiger charge is -2.09. The Balaban J connectivity index is 3.24. The van der Waals surface area contributed by atoms with E-state index in [4.69, 9.17) is 5.11 Å². The molecule has 21 heavy (non-hydrogen) atoms. The van der Waals surface area contributed by atoms with Gasteiger partial charge in [-0.2, -0.15) is 0 Å². The molecule has 0 aliphatic heterocycles. The van der Waals surface area contributed by atoms with E-state index in [0.717, 1.165) is 12.5 Å². The van der Waals surface area contributed by atoms with Gasteiger partial charge < -0.3 is 5.11 Å². The third kappa shape index (κ3) is 5.08. The molecule has 0 bridgehead atoms. The van der Waals surface area contributed by atoms with Crippen LogP contribution in [0.1, 0.15) is 31.7 Å². The van der Waals surface area contributed by atoms with Crippen molar-refractivity contribution in [2.24, 2.45) is 0 Å². The highest BCUT2D eigenvalue weighted by Gasteiger charge is 2.23. The van der Waals surface area contributed by atoms with Crippen LogP contribution in [0, 0.1) is 23.5 Å². The van der Waals surface area contributed by atoms with Gasteiger partial charge in [0.15, 0.2) is 0 Å². The molecule has 2 N–H and O–H groups in total. The Labute approximate surface area is 123 Å². The van der Waals surface area contributed by atoms with Crippen molar-refractivity contribution in [3.63, 3.8) is 0 Å². The van der Waals surface area contributed by atoms with Crippen molar-refractivity contribution in [3.05, 3.63) is 29.3 Å². The third-order valence-electron chi connectivity index (χ3n) is 2.56. The van der Waals surface area contributed by atoms with E-state index in [0.29, 0.717) is 12.5 Å². The summed E-state index contributed by atoms with van der Waals surface area (Å²) in [6.45, 7) is 1.83. The van der Waals surface area contributed by atoms with E-state index in [2.05, 4.69) is 16.6 Å². The molecule has 0 saturated carbocycles. The molecule has 0 radical (unpaired) electrons. The minimum absolute atomic E-state index is 0.0842. The maximum atomic E-state index is 13.8. The Hall–Kier alpha value is -1.49. The van der Waals surface area contributed by atoms with Crippen LogP contribution in [0.15, 0.2) is 17.0 Å². The minimum Gasteiger partial charge on any atom is -0.395 e. The normalized spacial score (nSPS) is 11.0. The number of rotatable bonds is 6. The highest BCUT2D eigenvalue weighted by atomic mass is 32.2. The van der Waals surface area contributed by atoms with E-state index in [9.17, 15) is 17.2 Å². The zero-order chi connectivity index (χ0) is 15.9. The lowest BCUT2D eigenvalue weighted by molar-refractivity contribution is 0.305. The second-order valence-corrected chi connectivity index (χ2v) is 5.99. The molecule has 0 amide bonds. The maximum absolute atomic E-state index is 13.8. The quantitative estimate of drug-likeness (QED) is 0.621. The van der Waals surface area contributed by atoms with Gasteiger partial charge >= 0.3 is 0 Å². The molecule has 7 heteroatoms. The number of halogens is 2. The fraction of sp³-hybridized carbons (Fsp3) is 0.429. The molecular weight excluding hydrogens is 300 g/mol. The van der Waals surface area contributed by atoms with Crippen LogP contribution in [0.5, 0.6) is 0 Å². The van der Waals surface area contributed by atoms with E-state index >= 15 is 0 Å². The van der Waals surface area contributed by atoms with Gasteiger partial charge in [-0.05, 0) is 12.5 Å². The van der Waals surface area contributed by atoms with Crippen molar-refractivity contribution in [3.8, 4) is 11.8 Å². The summed E-state index contributed by atoms with van der Waals surface area (Å²) in [4.78, 5) is -0.662. The number of unbranched alkanes of at least 4 members (excludes halogenated alkanes) is 1. The highest BCUT2D eigenvalue weighted by Crippen LogP contribution is 2.20. The summed E-state index contributed by atoms with van der Waals surface area (Å²) in [5, 5.41) is 8.64. The van der Waals surface area contributed by atoms with E-state index in [1.807, 2.05) is 6.92 Å². The average Bonchev–Trinajstić information content (AvgIpc) is 2.38. The van der Waals surface area contributed by atoms with Crippen LogP contribution in [0.2, 0.25) is 0 Å². The zero-order valence-electron chi connectivity index (χ0n) is 11.6. The van der Waals surface area contributed by atoms with Crippen LogP contribution in [0.25, 0.3) is 0 Å². The Morgan fingerprint density at radius 2 is 2.05 bits per heavy atom. The molecule has 4 nitrogen and oxygen atoms in total. The molecule has 1 aromatic rings. The summed E-state index contributed by atoms with van der Waals surface area (Å²) < 4.78 is 53.6. The molecule has 0 saturated heterocycles. The molecule has 0 unspecified atom stereocenters. The molecule has 0 fully saturated rings. The van der Waals surface area contributed by atoms with E-state index < -0.39 is 26.6 Å². The average molecular weight is 317 g/mol. The fourth-order valence-corrected chi connectivity index (χ4v) is 2.87. The predicted octanol–water partition coefficient (Wildman–Crippen LogP) is 1.78. The molecule has 0 heterocycles. The minimum atomic E-state index is -4.10. The first kappa shape index (κ1) is 17.6. The van der Waals surface area contributed by atoms with Gasteiger partial charge in [-0.1, -0.05) is 25.2 Å². The molecular formula is C14H17F2NO3S. The summed E-state index contributed by atoms with van der Waals surface area (Å²) in [6, 6.07) is 1.37. The molecule has 0 aliphatic carbocycles. The summed E-state index contributed by atoms with van der Waals surface area (Å²) in [5.41, 5.74) is -0.259. The van der Waals surface area contributed by atoms with Gasteiger partial charge in [0.05, 0.1) is 12.2 Å². The van der Waals surface area contributed by atoms with Crippen molar-refractivity contribution < 1.29 is 22.3 Å². The number of sulfonamides is 1. The summed E-state index contributed by atoms with van der Waals surface area (Å²) in [5.74, 6) is 2.75. The molecule has 0 spiro atoms. The first-order valence-electron chi connectivity index (χ1n) is 6.50. The van der Waals surface area contributed by atoms with Crippen LogP contribution in [0.4, 0.5) is 8.78 Å². The summed E-state index contributed by atoms with van der Waals surface area (Å²) >= 11 is 0. The zero-order valence-corrected chi connectivity index (χ0v) is 12.4. The number of aliphatic hydroxyl groups excluding tert-OH is 1. The standard InChI is InChI=1S/C14H17F2NO3S/c1-2-3-7-17-21(19,20)14-11(6-4-5-8-18)9-12(15)10-13(14)16/h9-10,17-18H,2-3,5,7-8H2,1H3.